The Kier molecular flexibility index (Phi) is 7.31. The molecule has 42 heavy (non-hydrogen) atoms. The minimum atomic E-state index is -1.03. The fraction of sp³-hybridized carbons (Fsp3) is 0.167. The van der Waals surface area contributed by atoms with Gasteiger partial charge in [-0.3, -0.25) is 9.36 Å². The van der Waals surface area contributed by atoms with Crippen molar-refractivity contribution in [3.05, 3.63) is 161 Å². The first-order chi connectivity index (χ1) is 20.1. The molecule has 0 saturated heterocycles. The second kappa shape index (κ2) is 11.1. The number of hydrogen-bond acceptors (Lipinski definition) is 3. The van der Waals surface area contributed by atoms with Crippen LogP contribution in [0.25, 0.3) is 10.9 Å². The van der Waals surface area contributed by atoms with Crippen molar-refractivity contribution >= 4 is 29.2 Å². The van der Waals surface area contributed by atoms with Crippen molar-refractivity contribution in [1.82, 2.24) is 14.1 Å². The average molecular weight is 574 g/mol. The van der Waals surface area contributed by atoms with E-state index < -0.39 is 17.6 Å². The van der Waals surface area contributed by atoms with Crippen LogP contribution in [0, 0.1) is 12.8 Å². The summed E-state index contributed by atoms with van der Waals surface area (Å²) in [5.74, 6) is -0.658. The summed E-state index contributed by atoms with van der Waals surface area (Å²) >= 11 is 0. The van der Waals surface area contributed by atoms with Gasteiger partial charge in [-0.15, -0.1) is 12.4 Å². The van der Waals surface area contributed by atoms with Crippen molar-refractivity contribution in [3.63, 3.8) is 0 Å². The smallest absolute Gasteiger partial charge is 0.237 e. The normalized spacial score (nSPS) is 15.7. The topological polar surface area (TPSA) is 60.1 Å². The maximum atomic E-state index is 13.9. The number of aromatic nitrogens is 3. The fourth-order valence-electron chi connectivity index (χ4n) is 6.74. The third-order valence-electron chi connectivity index (χ3n) is 8.68. The van der Waals surface area contributed by atoms with Gasteiger partial charge in [-0.1, -0.05) is 109 Å². The van der Waals surface area contributed by atoms with E-state index in [-0.39, 0.29) is 18.3 Å². The predicted octanol–water partition coefficient (Wildman–Crippen LogP) is 7.34. The van der Waals surface area contributed by atoms with E-state index in [4.69, 9.17) is 4.98 Å². The van der Waals surface area contributed by atoms with Crippen molar-refractivity contribution < 1.29 is 9.90 Å². The molecule has 210 valence electrons. The summed E-state index contributed by atoms with van der Waals surface area (Å²) in [4.78, 5) is 18.7. The van der Waals surface area contributed by atoms with Gasteiger partial charge in [0.25, 0.3) is 0 Å². The second-order valence-electron chi connectivity index (χ2n) is 10.9. The molecule has 3 heterocycles. The average Bonchev–Trinajstić information content (AvgIpc) is 3.60. The van der Waals surface area contributed by atoms with Crippen LogP contribution in [0.3, 0.4) is 0 Å². The van der Waals surface area contributed by atoms with E-state index in [0.717, 1.165) is 45.4 Å². The van der Waals surface area contributed by atoms with Crippen LogP contribution >= 0.6 is 12.4 Å². The third-order valence-corrected chi connectivity index (χ3v) is 8.68. The number of imidazole rings is 1. The molecule has 0 spiro atoms. The minimum Gasteiger partial charge on any atom is -0.386 e. The first-order valence-electron chi connectivity index (χ1n) is 14.1. The zero-order chi connectivity index (χ0) is 28.0. The Labute approximate surface area is 251 Å². The van der Waals surface area contributed by atoms with E-state index in [0.29, 0.717) is 12.1 Å². The first kappa shape index (κ1) is 27.7. The van der Waals surface area contributed by atoms with E-state index in [1.54, 1.807) is 4.57 Å². The SMILES string of the molecule is Cc1c(C(O)C2CCc3cc4ccccc4n3C2=O)ncn1C(c1ccccc1)(c1ccccc1)c1ccccc1.Cl. The van der Waals surface area contributed by atoms with Gasteiger partial charge in [0.1, 0.15) is 11.6 Å². The molecule has 0 radical (unpaired) electrons. The lowest BCUT2D eigenvalue weighted by Crippen LogP contribution is -2.38. The zero-order valence-corrected chi connectivity index (χ0v) is 24.1. The van der Waals surface area contributed by atoms with E-state index in [9.17, 15) is 9.90 Å². The Balaban J connectivity index is 0.00000316. The summed E-state index contributed by atoms with van der Waals surface area (Å²) in [6, 6.07) is 41.2. The maximum Gasteiger partial charge on any atom is 0.237 e. The second-order valence-corrected chi connectivity index (χ2v) is 10.9. The summed E-state index contributed by atoms with van der Waals surface area (Å²) in [5.41, 5.74) is 5.75. The maximum absolute atomic E-state index is 13.9. The highest BCUT2D eigenvalue weighted by atomic mass is 35.5. The van der Waals surface area contributed by atoms with Gasteiger partial charge in [-0.05, 0) is 48.6 Å². The molecule has 0 fully saturated rings. The van der Waals surface area contributed by atoms with E-state index in [1.807, 2.05) is 55.7 Å². The monoisotopic (exact) mass is 573 g/mol. The Bertz CT molecular complexity index is 1750. The zero-order valence-electron chi connectivity index (χ0n) is 23.3. The minimum absolute atomic E-state index is 0. The molecule has 2 aromatic heterocycles. The molecular formula is C36H32ClN3O2. The number of aliphatic hydroxyl groups excluding tert-OH is 1. The number of para-hydroxylation sites is 1. The number of rotatable bonds is 6. The molecule has 4 aromatic carbocycles. The number of aryl methyl sites for hydroxylation is 1. The summed E-state index contributed by atoms with van der Waals surface area (Å²) in [7, 11) is 0. The molecule has 0 saturated carbocycles. The lowest BCUT2D eigenvalue weighted by molar-refractivity contribution is 0.0530. The lowest BCUT2D eigenvalue weighted by Gasteiger charge is -2.38. The van der Waals surface area contributed by atoms with Crippen LogP contribution in [0.2, 0.25) is 0 Å². The molecule has 1 aliphatic heterocycles. The standard InChI is InChI=1S/C36H31N3O2.ClH/c1-25-33(34(40)31-22-21-30-23-26-13-11-12-20-32(26)39(30)35(31)41)37-24-38(25)36(27-14-5-2-6-15-27,28-16-7-3-8-17-28)29-18-9-4-10-19-29;/h2-20,23-24,31,34,40H,21-22H2,1H3;1H. The molecule has 0 amide bonds. The van der Waals surface area contributed by atoms with Gasteiger partial charge in [0.2, 0.25) is 5.91 Å². The summed E-state index contributed by atoms with van der Waals surface area (Å²) in [5, 5.41) is 12.9. The van der Waals surface area contributed by atoms with Crippen LogP contribution in [-0.4, -0.2) is 25.1 Å². The number of fused-ring (bicyclic) bond motifs is 3. The van der Waals surface area contributed by atoms with Gasteiger partial charge in [-0.25, -0.2) is 4.98 Å². The Morgan fingerprint density at radius 2 is 1.33 bits per heavy atom. The third kappa shape index (κ3) is 4.20. The van der Waals surface area contributed by atoms with Crippen LogP contribution in [0.4, 0.5) is 0 Å². The quantitative estimate of drug-likeness (QED) is 0.212. The summed E-state index contributed by atoms with van der Waals surface area (Å²) < 4.78 is 3.95. The van der Waals surface area contributed by atoms with E-state index in [1.165, 1.54) is 0 Å². The van der Waals surface area contributed by atoms with Gasteiger partial charge in [0.15, 0.2) is 0 Å². The number of nitrogens with zero attached hydrogens (tertiary/aromatic N) is 3. The highest BCUT2D eigenvalue weighted by molar-refractivity contribution is 5.96. The van der Waals surface area contributed by atoms with Crippen molar-refractivity contribution in [3.8, 4) is 0 Å². The Morgan fingerprint density at radius 3 is 1.90 bits per heavy atom. The van der Waals surface area contributed by atoms with Gasteiger partial charge in [0.05, 0.1) is 23.5 Å². The lowest BCUT2D eigenvalue weighted by atomic mass is 9.76. The largest absolute Gasteiger partial charge is 0.386 e. The number of aliphatic hydroxyl groups is 1. The molecule has 2 unspecified atom stereocenters. The molecule has 7 rings (SSSR count). The van der Waals surface area contributed by atoms with Crippen molar-refractivity contribution in [2.75, 3.05) is 0 Å². The van der Waals surface area contributed by atoms with Crippen LogP contribution in [-0.2, 0) is 12.0 Å². The van der Waals surface area contributed by atoms with E-state index >= 15 is 0 Å². The van der Waals surface area contributed by atoms with Gasteiger partial charge < -0.3 is 9.67 Å². The number of carbonyl (C=O) groups excluding carboxylic acids is 1. The number of benzene rings is 4. The highest BCUT2D eigenvalue weighted by Crippen LogP contribution is 2.43. The molecule has 1 N–H and O–H groups in total. The molecule has 2 atom stereocenters. The molecule has 6 heteroatoms. The molecule has 5 nitrogen and oxygen atoms in total. The van der Waals surface area contributed by atoms with Crippen molar-refractivity contribution in [1.29, 1.82) is 0 Å². The van der Waals surface area contributed by atoms with Gasteiger partial charge in [0, 0.05) is 16.8 Å². The van der Waals surface area contributed by atoms with Crippen LogP contribution in [0.1, 0.15) is 51.1 Å². The summed E-state index contributed by atoms with van der Waals surface area (Å²) in [6.07, 6.45) is 2.09. The Morgan fingerprint density at radius 1 is 0.810 bits per heavy atom. The summed E-state index contributed by atoms with van der Waals surface area (Å²) in [6.45, 7) is 2.00. The number of carbonyl (C=O) groups is 1. The van der Waals surface area contributed by atoms with E-state index in [2.05, 4.69) is 83.4 Å². The fourth-order valence-corrected chi connectivity index (χ4v) is 6.74. The molecule has 1 aliphatic rings. The molecular weight excluding hydrogens is 542 g/mol. The van der Waals surface area contributed by atoms with Crippen molar-refractivity contribution in [2.24, 2.45) is 5.92 Å². The predicted molar refractivity (Wildman–Crippen MR) is 168 cm³/mol. The molecule has 6 aromatic rings. The number of hydrogen-bond donors (Lipinski definition) is 1. The first-order valence-corrected chi connectivity index (χ1v) is 14.1. The van der Waals surface area contributed by atoms with Gasteiger partial charge in [-0.2, -0.15) is 0 Å². The molecule has 0 bridgehead atoms. The van der Waals surface area contributed by atoms with Crippen molar-refractivity contribution in [2.45, 2.75) is 31.4 Å². The van der Waals surface area contributed by atoms with Crippen LogP contribution in [0.15, 0.2) is 128 Å². The van der Waals surface area contributed by atoms with Gasteiger partial charge >= 0.3 is 0 Å². The highest BCUT2D eigenvalue weighted by Gasteiger charge is 2.42. The van der Waals surface area contributed by atoms with Crippen LogP contribution in [0.5, 0.6) is 0 Å². The van der Waals surface area contributed by atoms with Crippen LogP contribution < -0.4 is 0 Å². The molecule has 0 aliphatic carbocycles. The number of halogens is 1. The Hall–Kier alpha value is -4.45.